The maximum atomic E-state index is 12.3. The summed E-state index contributed by atoms with van der Waals surface area (Å²) in [5.74, 6) is 0.468. The molecule has 1 aromatic heterocycles. The monoisotopic (exact) mass is 345 g/mol. The zero-order chi connectivity index (χ0) is 17.4. The summed E-state index contributed by atoms with van der Waals surface area (Å²) in [6.07, 6.45) is 4.68. The SMILES string of the molecule is CCCC[C@H](CC)CNC(=O)c1csc(Nc2ccc(C)cc2)n1. The van der Waals surface area contributed by atoms with Crippen LogP contribution in [-0.4, -0.2) is 17.4 Å². The van der Waals surface area contributed by atoms with E-state index in [1.165, 1.54) is 36.2 Å². The molecule has 0 saturated heterocycles. The van der Waals surface area contributed by atoms with Crippen molar-refractivity contribution in [1.82, 2.24) is 10.3 Å². The number of hydrogen-bond donors (Lipinski definition) is 2. The number of carbonyl (C=O) groups excluding carboxylic acids is 1. The van der Waals surface area contributed by atoms with Gasteiger partial charge in [0, 0.05) is 17.6 Å². The number of nitrogens with zero attached hydrogens (tertiary/aromatic N) is 1. The van der Waals surface area contributed by atoms with Crippen LogP contribution in [-0.2, 0) is 0 Å². The Bertz CT molecular complexity index is 636. The van der Waals surface area contributed by atoms with Gasteiger partial charge in [0.2, 0.25) is 0 Å². The summed E-state index contributed by atoms with van der Waals surface area (Å²) in [6, 6.07) is 8.11. The van der Waals surface area contributed by atoms with E-state index in [0.717, 1.165) is 23.8 Å². The van der Waals surface area contributed by atoms with Crippen LogP contribution in [0.5, 0.6) is 0 Å². The van der Waals surface area contributed by atoms with Crippen molar-refractivity contribution in [3.05, 3.63) is 40.9 Å². The topological polar surface area (TPSA) is 54.0 Å². The summed E-state index contributed by atoms with van der Waals surface area (Å²) in [6.45, 7) is 7.16. The lowest BCUT2D eigenvalue weighted by Gasteiger charge is -2.14. The number of unbranched alkanes of at least 4 members (excludes halogenated alkanes) is 1. The summed E-state index contributed by atoms with van der Waals surface area (Å²) in [4.78, 5) is 16.6. The van der Waals surface area contributed by atoms with Crippen LogP contribution in [0.4, 0.5) is 10.8 Å². The van der Waals surface area contributed by atoms with E-state index in [2.05, 4.69) is 36.4 Å². The lowest BCUT2D eigenvalue weighted by molar-refractivity contribution is 0.0941. The Labute approximate surface area is 148 Å². The van der Waals surface area contributed by atoms with Crippen LogP contribution in [0.2, 0.25) is 0 Å². The number of benzene rings is 1. The van der Waals surface area contributed by atoms with E-state index < -0.39 is 0 Å². The van der Waals surface area contributed by atoms with E-state index in [9.17, 15) is 4.79 Å². The molecule has 24 heavy (non-hydrogen) atoms. The number of carbonyl (C=O) groups is 1. The number of aryl methyl sites for hydroxylation is 1. The molecule has 1 aromatic carbocycles. The highest BCUT2D eigenvalue weighted by atomic mass is 32.1. The first-order chi connectivity index (χ1) is 11.6. The fourth-order valence-corrected chi connectivity index (χ4v) is 3.18. The van der Waals surface area contributed by atoms with E-state index in [4.69, 9.17) is 0 Å². The summed E-state index contributed by atoms with van der Waals surface area (Å²) in [7, 11) is 0. The molecule has 0 fully saturated rings. The second-order valence-electron chi connectivity index (χ2n) is 6.16. The molecule has 0 aliphatic carbocycles. The molecule has 1 heterocycles. The van der Waals surface area contributed by atoms with Gasteiger partial charge in [-0.25, -0.2) is 4.98 Å². The minimum absolute atomic E-state index is 0.0850. The van der Waals surface area contributed by atoms with Crippen LogP contribution in [0.15, 0.2) is 29.6 Å². The number of amides is 1. The Morgan fingerprint density at radius 2 is 2.00 bits per heavy atom. The third-order valence-corrected chi connectivity index (χ3v) is 4.89. The van der Waals surface area contributed by atoms with Crippen LogP contribution in [0.1, 0.15) is 55.6 Å². The number of aromatic nitrogens is 1. The number of hydrogen-bond acceptors (Lipinski definition) is 4. The van der Waals surface area contributed by atoms with Gasteiger partial charge in [-0.05, 0) is 31.4 Å². The molecule has 0 spiro atoms. The molecule has 1 atom stereocenters. The lowest BCUT2D eigenvalue weighted by atomic mass is 9.99. The molecule has 0 aliphatic rings. The molecule has 2 N–H and O–H groups in total. The molecule has 0 saturated carbocycles. The molecule has 130 valence electrons. The van der Waals surface area contributed by atoms with Crippen LogP contribution in [0, 0.1) is 12.8 Å². The molecule has 0 aliphatic heterocycles. The van der Waals surface area contributed by atoms with Gasteiger partial charge in [0.15, 0.2) is 5.13 Å². The molecule has 0 bridgehead atoms. The smallest absolute Gasteiger partial charge is 0.270 e. The van der Waals surface area contributed by atoms with Crippen molar-refractivity contribution >= 4 is 28.1 Å². The summed E-state index contributed by atoms with van der Waals surface area (Å²) < 4.78 is 0. The maximum absolute atomic E-state index is 12.3. The van der Waals surface area contributed by atoms with Gasteiger partial charge in [0.05, 0.1) is 0 Å². The molecule has 1 amide bonds. The Balaban J connectivity index is 1.87. The Hall–Kier alpha value is -1.88. The van der Waals surface area contributed by atoms with Crippen molar-refractivity contribution in [2.24, 2.45) is 5.92 Å². The second kappa shape index (κ2) is 9.42. The van der Waals surface area contributed by atoms with Crippen molar-refractivity contribution < 1.29 is 4.79 Å². The van der Waals surface area contributed by atoms with Crippen molar-refractivity contribution in [2.75, 3.05) is 11.9 Å². The maximum Gasteiger partial charge on any atom is 0.270 e. The zero-order valence-corrected chi connectivity index (χ0v) is 15.6. The highest BCUT2D eigenvalue weighted by molar-refractivity contribution is 7.14. The summed E-state index contributed by atoms with van der Waals surface area (Å²) in [5.41, 5.74) is 2.68. The Morgan fingerprint density at radius 1 is 1.25 bits per heavy atom. The van der Waals surface area contributed by atoms with E-state index in [0.29, 0.717) is 11.6 Å². The number of anilines is 2. The molecule has 0 unspecified atom stereocenters. The van der Waals surface area contributed by atoms with Gasteiger partial charge >= 0.3 is 0 Å². The van der Waals surface area contributed by atoms with E-state index >= 15 is 0 Å². The molecule has 0 radical (unpaired) electrons. The van der Waals surface area contributed by atoms with E-state index in [-0.39, 0.29) is 5.91 Å². The molecule has 5 heteroatoms. The van der Waals surface area contributed by atoms with Crippen molar-refractivity contribution in [1.29, 1.82) is 0 Å². The highest BCUT2D eigenvalue weighted by Gasteiger charge is 2.13. The largest absolute Gasteiger partial charge is 0.350 e. The van der Waals surface area contributed by atoms with Crippen LogP contribution in [0.25, 0.3) is 0 Å². The van der Waals surface area contributed by atoms with Gasteiger partial charge < -0.3 is 10.6 Å². The highest BCUT2D eigenvalue weighted by Crippen LogP contribution is 2.21. The first-order valence-corrected chi connectivity index (χ1v) is 9.57. The van der Waals surface area contributed by atoms with E-state index in [1.807, 2.05) is 24.3 Å². The van der Waals surface area contributed by atoms with E-state index in [1.54, 1.807) is 5.38 Å². The van der Waals surface area contributed by atoms with Crippen LogP contribution >= 0.6 is 11.3 Å². The minimum atomic E-state index is -0.0850. The van der Waals surface area contributed by atoms with Gasteiger partial charge in [0.1, 0.15) is 5.69 Å². The second-order valence-corrected chi connectivity index (χ2v) is 7.01. The average molecular weight is 346 g/mol. The molecule has 2 aromatic rings. The van der Waals surface area contributed by atoms with Crippen molar-refractivity contribution in [2.45, 2.75) is 46.5 Å². The normalized spacial score (nSPS) is 12.0. The molecular formula is C19H27N3OS. The van der Waals surface area contributed by atoms with Gasteiger partial charge in [0.25, 0.3) is 5.91 Å². The Morgan fingerprint density at radius 3 is 2.67 bits per heavy atom. The number of nitrogens with one attached hydrogen (secondary N) is 2. The third-order valence-electron chi connectivity index (χ3n) is 4.13. The predicted molar refractivity (Wildman–Crippen MR) is 102 cm³/mol. The lowest BCUT2D eigenvalue weighted by Crippen LogP contribution is -2.29. The first kappa shape index (κ1) is 18.5. The first-order valence-electron chi connectivity index (χ1n) is 8.69. The predicted octanol–water partition coefficient (Wildman–Crippen LogP) is 5.14. The zero-order valence-electron chi connectivity index (χ0n) is 14.8. The quantitative estimate of drug-likeness (QED) is 0.661. The van der Waals surface area contributed by atoms with Gasteiger partial charge in [-0.2, -0.15) is 0 Å². The number of rotatable bonds is 9. The Kier molecular flexibility index (Phi) is 7.25. The fraction of sp³-hybridized carbons (Fsp3) is 0.474. The molecule has 2 rings (SSSR count). The van der Waals surface area contributed by atoms with Crippen molar-refractivity contribution in [3.8, 4) is 0 Å². The fourth-order valence-electron chi connectivity index (χ4n) is 2.47. The summed E-state index contributed by atoms with van der Waals surface area (Å²) in [5, 5.41) is 8.80. The minimum Gasteiger partial charge on any atom is -0.350 e. The number of thiazole rings is 1. The van der Waals surface area contributed by atoms with Crippen LogP contribution in [0.3, 0.4) is 0 Å². The van der Waals surface area contributed by atoms with Gasteiger partial charge in [-0.15, -0.1) is 11.3 Å². The van der Waals surface area contributed by atoms with Gasteiger partial charge in [-0.1, -0.05) is 50.8 Å². The third kappa shape index (κ3) is 5.64. The average Bonchev–Trinajstić information content (AvgIpc) is 3.05. The van der Waals surface area contributed by atoms with Gasteiger partial charge in [-0.3, -0.25) is 4.79 Å². The molecular weight excluding hydrogens is 318 g/mol. The van der Waals surface area contributed by atoms with Crippen LogP contribution < -0.4 is 10.6 Å². The van der Waals surface area contributed by atoms with Crippen molar-refractivity contribution in [3.63, 3.8) is 0 Å². The summed E-state index contributed by atoms with van der Waals surface area (Å²) >= 11 is 1.45. The molecule has 4 nitrogen and oxygen atoms in total. The standard InChI is InChI=1S/C19H27N3OS/c1-4-6-7-15(5-2)12-20-18(23)17-13-24-19(22-17)21-16-10-8-14(3)9-11-16/h8-11,13,15H,4-7,12H2,1-3H3,(H,20,23)(H,21,22)/t15-/m0/s1.